The van der Waals surface area contributed by atoms with Crippen molar-refractivity contribution in [2.45, 2.75) is 38.6 Å². The summed E-state index contributed by atoms with van der Waals surface area (Å²) < 4.78 is 5.10. The highest BCUT2D eigenvalue weighted by atomic mass is 16.6. The molecule has 0 bridgehead atoms. The molecular weight excluding hydrogens is 180 g/mol. The van der Waals surface area contributed by atoms with Crippen molar-refractivity contribution in [3.05, 3.63) is 0 Å². The van der Waals surface area contributed by atoms with Crippen LogP contribution in [0.15, 0.2) is 0 Å². The van der Waals surface area contributed by atoms with Gasteiger partial charge in [0.1, 0.15) is 0 Å². The number of likely N-dealkylation sites (tertiary alicyclic amines) is 1. The minimum atomic E-state index is -0.200. The predicted octanol–water partition coefficient (Wildman–Crippen LogP) is 1.35. The molecule has 1 aliphatic heterocycles. The molecule has 2 N–H and O–H groups in total. The first-order valence-corrected chi connectivity index (χ1v) is 5.41. The van der Waals surface area contributed by atoms with E-state index in [0.717, 1.165) is 32.2 Å². The second kappa shape index (κ2) is 5.86. The average molecular weight is 200 g/mol. The van der Waals surface area contributed by atoms with Gasteiger partial charge in [-0.05, 0) is 19.3 Å². The minimum absolute atomic E-state index is 0.127. The number of nitrogens with two attached hydrogens (primary N) is 1. The van der Waals surface area contributed by atoms with Gasteiger partial charge in [-0.25, -0.2) is 4.79 Å². The van der Waals surface area contributed by atoms with E-state index in [9.17, 15) is 4.79 Å². The van der Waals surface area contributed by atoms with E-state index in [-0.39, 0.29) is 12.1 Å². The van der Waals surface area contributed by atoms with Crippen LogP contribution in [0.2, 0.25) is 0 Å². The van der Waals surface area contributed by atoms with Crippen LogP contribution >= 0.6 is 0 Å². The molecule has 82 valence electrons. The standard InChI is InChI=1S/C10H20N2O2/c1-2-3-7-14-10(13)12-6-4-5-9(11)8-12/h9H,2-8,11H2,1H3. The van der Waals surface area contributed by atoms with Crippen molar-refractivity contribution in [1.82, 2.24) is 4.90 Å². The molecule has 0 spiro atoms. The lowest BCUT2D eigenvalue weighted by molar-refractivity contribution is 0.0908. The molecule has 0 aromatic heterocycles. The van der Waals surface area contributed by atoms with Gasteiger partial charge >= 0.3 is 6.09 Å². The topological polar surface area (TPSA) is 55.6 Å². The van der Waals surface area contributed by atoms with E-state index in [4.69, 9.17) is 10.5 Å². The second-order valence-electron chi connectivity index (χ2n) is 3.82. The normalized spacial score (nSPS) is 22.1. The van der Waals surface area contributed by atoms with Gasteiger partial charge in [0, 0.05) is 19.1 Å². The third-order valence-corrected chi connectivity index (χ3v) is 2.44. The molecule has 1 fully saturated rings. The first-order chi connectivity index (χ1) is 6.74. The number of rotatable bonds is 3. The van der Waals surface area contributed by atoms with E-state index < -0.39 is 0 Å². The Morgan fingerprint density at radius 2 is 2.43 bits per heavy atom. The highest BCUT2D eigenvalue weighted by Gasteiger charge is 2.21. The number of hydrogen-bond acceptors (Lipinski definition) is 3. The van der Waals surface area contributed by atoms with Crippen molar-refractivity contribution in [3.8, 4) is 0 Å². The monoisotopic (exact) mass is 200 g/mol. The fraction of sp³-hybridized carbons (Fsp3) is 0.900. The van der Waals surface area contributed by atoms with E-state index in [1.807, 2.05) is 0 Å². The molecule has 1 amide bonds. The number of nitrogens with zero attached hydrogens (tertiary/aromatic N) is 1. The third-order valence-electron chi connectivity index (χ3n) is 2.44. The number of hydrogen-bond donors (Lipinski definition) is 1. The lowest BCUT2D eigenvalue weighted by Crippen LogP contribution is -2.45. The maximum Gasteiger partial charge on any atom is 0.409 e. The molecule has 14 heavy (non-hydrogen) atoms. The summed E-state index contributed by atoms with van der Waals surface area (Å²) in [4.78, 5) is 13.2. The van der Waals surface area contributed by atoms with Crippen LogP contribution in [0, 0.1) is 0 Å². The molecule has 1 atom stereocenters. The Morgan fingerprint density at radius 3 is 3.07 bits per heavy atom. The molecule has 0 aromatic rings. The quantitative estimate of drug-likeness (QED) is 0.699. The fourth-order valence-electron chi connectivity index (χ4n) is 1.57. The van der Waals surface area contributed by atoms with Crippen LogP contribution in [0.3, 0.4) is 0 Å². The average Bonchev–Trinajstić information content (AvgIpc) is 2.18. The van der Waals surface area contributed by atoms with Gasteiger partial charge in [0.25, 0.3) is 0 Å². The summed E-state index contributed by atoms with van der Waals surface area (Å²) in [5.41, 5.74) is 5.77. The van der Waals surface area contributed by atoms with Crippen LogP contribution in [-0.4, -0.2) is 36.7 Å². The van der Waals surface area contributed by atoms with Crippen molar-refractivity contribution < 1.29 is 9.53 Å². The molecule has 1 saturated heterocycles. The van der Waals surface area contributed by atoms with Gasteiger partial charge in [0.05, 0.1) is 6.61 Å². The van der Waals surface area contributed by atoms with Crippen molar-refractivity contribution in [3.63, 3.8) is 0 Å². The van der Waals surface area contributed by atoms with Gasteiger partial charge in [-0.15, -0.1) is 0 Å². The summed E-state index contributed by atoms with van der Waals surface area (Å²) in [6, 6.07) is 0.127. The molecule has 1 aliphatic rings. The van der Waals surface area contributed by atoms with Crippen molar-refractivity contribution in [1.29, 1.82) is 0 Å². The Morgan fingerprint density at radius 1 is 1.64 bits per heavy atom. The van der Waals surface area contributed by atoms with E-state index in [1.165, 1.54) is 0 Å². The Hall–Kier alpha value is -0.770. The van der Waals surface area contributed by atoms with Gasteiger partial charge in [-0.2, -0.15) is 0 Å². The summed E-state index contributed by atoms with van der Waals surface area (Å²) in [6.45, 7) is 4.04. The zero-order chi connectivity index (χ0) is 10.4. The van der Waals surface area contributed by atoms with Crippen molar-refractivity contribution in [2.75, 3.05) is 19.7 Å². The maximum atomic E-state index is 11.5. The van der Waals surface area contributed by atoms with Crippen LogP contribution in [0.1, 0.15) is 32.6 Å². The van der Waals surface area contributed by atoms with Gasteiger partial charge in [0.2, 0.25) is 0 Å². The van der Waals surface area contributed by atoms with Crippen molar-refractivity contribution in [2.24, 2.45) is 5.73 Å². The summed E-state index contributed by atoms with van der Waals surface area (Å²) in [5, 5.41) is 0. The Bertz CT molecular complexity index is 185. The summed E-state index contributed by atoms with van der Waals surface area (Å²) in [6.07, 6.45) is 3.79. The van der Waals surface area contributed by atoms with Crippen molar-refractivity contribution >= 4 is 6.09 Å². The Kier molecular flexibility index (Phi) is 4.73. The molecule has 1 rings (SSSR count). The van der Waals surface area contributed by atoms with E-state index >= 15 is 0 Å². The lowest BCUT2D eigenvalue weighted by atomic mass is 10.1. The molecule has 0 aromatic carbocycles. The zero-order valence-electron chi connectivity index (χ0n) is 8.87. The van der Waals surface area contributed by atoms with Gasteiger partial charge in [-0.1, -0.05) is 13.3 Å². The lowest BCUT2D eigenvalue weighted by Gasteiger charge is -2.29. The summed E-state index contributed by atoms with van der Waals surface area (Å²) in [7, 11) is 0. The van der Waals surface area contributed by atoms with Gasteiger partial charge in [0.15, 0.2) is 0 Å². The maximum absolute atomic E-state index is 11.5. The number of carbonyl (C=O) groups is 1. The van der Waals surface area contributed by atoms with Crippen LogP contribution in [0.25, 0.3) is 0 Å². The van der Waals surface area contributed by atoms with Crippen LogP contribution in [0.5, 0.6) is 0 Å². The molecule has 0 radical (unpaired) electrons. The Balaban J connectivity index is 2.22. The molecule has 1 unspecified atom stereocenters. The predicted molar refractivity (Wildman–Crippen MR) is 55.0 cm³/mol. The number of unbranched alkanes of at least 4 members (excludes halogenated alkanes) is 1. The highest BCUT2D eigenvalue weighted by molar-refractivity contribution is 5.67. The largest absolute Gasteiger partial charge is 0.449 e. The minimum Gasteiger partial charge on any atom is -0.449 e. The molecule has 4 nitrogen and oxygen atoms in total. The molecular formula is C10H20N2O2. The number of ether oxygens (including phenoxy) is 1. The smallest absolute Gasteiger partial charge is 0.409 e. The van der Waals surface area contributed by atoms with E-state index in [2.05, 4.69) is 6.92 Å². The Labute approximate surface area is 85.4 Å². The number of carbonyl (C=O) groups excluding carboxylic acids is 1. The highest BCUT2D eigenvalue weighted by Crippen LogP contribution is 2.09. The van der Waals surface area contributed by atoms with Gasteiger partial charge in [-0.3, -0.25) is 0 Å². The molecule has 4 heteroatoms. The molecule has 0 aliphatic carbocycles. The number of piperidine rings is 1. The second-order valence-corrected chi connectivity index (χ2v) is 3.82. The molecule has 0 saturated carbocycles. The van der Waals surface area contributed by atoms with E-state index in [1.54, 1.807) is 4.90 Å². The SMILES string of the molecule is CCCCOC(=O)N1CCCC(N)C1. The van der Waals surface area contributed by atoms with E-state index in [0.29, 0.717) is 13.2 Å². The number of amides is 1. The fourth-order valence-corrected chi connectivity index (χ4v) is 1.57. The van der Waals surface area contributed by atoms with Gasteiger partial charge < -0.3 is 15.4 Å². The zero-order valence-corrected chi connectivity index (χ0v) is 8.87. The summed E-state index contributed by atoms with van der Waals surface area (Å²) in [5.74, 6) is 0. The van der Waals surface area contributed by atoms with Crippen LogP contribution in [0.4, 0.5) is 4.79 Å². The first kappa shape index (κ1) is 11.3. The summed E-state index contributed by atoms with van der Waals surface area (Å²) >= 11 is 0. The van der Waals surface area contributed by atoms with Crippen LogP contribution < -0.4 is 5.73 Å². The first-order valence-electron chi connectivity index (χ1n) is 5.41. The van der Waals surface area contributed by atoms with Crippen LogP contribution in [-0.2, 0) is 4.74 Å². The third kappa shape index (κ3) is 3.54. The molecule has 1 heterocycles.